The third-order valence-electron chi connectivity index (χ3n) is 7.02. The number of carbonyl (C=O) groups excluding carboxylic acids is 1. The van der Waals surface area contributed by atoms with E-state index >= 15 is 0 Å². The molecule has 33 heavy (non-hydrogen) atoms. The highest BCUT2D eigenvalue weighted by molar-refractivity contribution is 5.69. The molecule has 0 bridgehead atoms. The van der Waals surface area contributed by atoms with Crippen molar-refractivity contribution in [2.75, 3.05) is 66.0 Å². The van der Waals surface area contributed by atoms with E-state index in [1.54, 1.807) is 0 Å². The maximum absolute atomic E-state index is 11.9. The first-order chi connectivity index (χ1) is 16.2. The minimum absolute atomic E-state index is 0.00984. The van der Waals surface area contributed by atoms with Crippen molar-refractivity contribution in [2.24, 2.45) is 0 Å². The van der Waals surface area contributed by atoms with Gasteiger partial charge in [0, 0.05) is 45.7 Å². The summed E-state index contributed by atoms with van der Waals surface area (Å²) in [7, 11) is 2.23. The van der Waals surface area contributed by atoms with Gasteiger partial charge >= 0.3 is 5.97 Å². The number of unbranched alkanes of at least 4 members (excludes halogenated alkanes) is 11. The van der Waals surface area contributed by atoms with Crippen LogP contribution in [0.4, 0.5) is 0 Å². The van der Waals surface area contributed by atoms with E-state index in [-0.39, 0.29) is 5.97 Å². The first-order valence-electron chi connectivity index (χ1n) is 14.4. The summed E-state index contributed by atoms with van der Waals surface area (Å²) in [5.74, 6) is 0.00984. The fraction of sp³-hybridized carbons (Fsp3) is 0.964. The smallest absolute Gasteiger partial charge is 0.305 e. The Hall–Kier alpha value is -0.650. The summed E-state index contributed by atoms with van der Waals surface area (Å²) < 4.78 is 5.40. The van der Waals surface area contributed by atoms with Gasteiger partial charge in [-0.1, -0.05) is 78.1 Å². The molecule has 0 aromatic carbocycles. The molecule has 0 amide bonds. The number of ether oxygens (including phenoxy) is 1. The van der Waals surface area contributed by atoms with Gasteiger partial charge in [0.25, 0.3) is 0 Å². The molecule has 0 atom stereocenters. The lowest BCUT2D eigenvalue weighted by Gasteiger charge is -2.34. The predicted octanol–water partition coefficient (Wildman–Crippen LogP) is 5.97. The molecule has 0 aliphatic carbocycles. The topological polar surface area (TPSA) is 36.0 Å². The van der Waals surface area contributed by atoms with Crippen LogP contribution in [0.25, 0.3) is 0 Å². The summed E-state index contributed by atoms with van der Waals surface area (Å²) in [5, 5.41) is 0. The van der Waals surface area contributed by atoms with Crippen molar-refractivity contribution in [3.8, 4) is 0 Å². The third kappa shape index (κ3) is 18.4. The van der Waals surface area contributed by atoms with Crippen molar-refractivity contribution in [2.45, 2.75) is 110 Å². The zero-order valence-corrected chi connectivity index (χ0v) is 22.6. The van der Waals surface area contributed by atoms with Gasteiger partial charge in [0.05, 0.1) is 6.61 Å². The number of rotatable bonds is 22. The minimum Gasteiger partial charge on any atom is -0.466 e. The van der Waals surface area contributed by atoms with Gasteiger partial charge in [0.15, 0.2) is 0 Å². The molecule has 1 heterocycles. The number of likely N-dealkylation sites (N-methyl/N-ethyl adjacent to an activating group) is 1. The van der Waals surface area contributed by atoms with Gasteiger partial charge in [-0.25, -0.2) is 0 Å². The maximum atomic E-state index is 11.9. The van der Waals surface area contributed by atoms with Crippen molar-refractivity contribution < 1.29 is 9.53 Å². The van der Waals surface area contributed by atoms with E-state index in [0.717, 1.165) is 19.3 Å². The molecule has 1 aliphatic rings. The van der Waals surface area contributed by atoms with E-state index in [9.17, 15) is 4.79 Å². The van der Waals surface area contributed by atoms with Crippen LogP contribution >= 0.6 is 0 Å². The number of nitrogens with zero attached hydrogens (tertiary/aromatic N) is 3. The summed E-state index contributed by atoms with van der Waals surface area (Å²) in [5.41, 5.74) is 0. The van der Waals surface area contributed by atoms with Gasteiger partial charge in [-0.05, 0) is 45.8 Å². The molecule has 0 aromatic heterocycles. The quantitative estimate of drug-likeness (QED) is 0.145. The van der Waals surface area contributed by atoms with E-state index < -0.39 is 0 Å². The van der Waals surface area contributed by atoms with Crippen molar-refractivity contribution in [3.05, 3.63) is 0 Å². The third-order valence-corrected chi connectivity index (χ3v) is 7.02. The second-order valence-corrected chi connectivity index (χ2v) is 10.2. The van der Waals surface area contributed by atoms with Gasteiger partial charge in [0.1, 0.15) is 0 Å². The van der Waals surface area contributed by atoms with Crippen LogP contribution in [0.5, 0.6) is 0 Å². The molecule has 1 saturated heterocycles. The first-order valence-corrected chi connectivity index (χ1v) is 14.4. The van der Waals surface area contributed by atoms with E-state index in [0.29, 0.717) is 13.0 Å². The molecule has 0 aromatic rings. The molecule has 1 fully saturated rings. The molecule has 1 rings (SSSR count). The Labute approximate surface area is 206 Å². The van der Waals surface area contributed by atoms with Crippen molar-refractivity contribution in [1.29, 1.82) is 0 Å². The highest BCUT2D eigenvalue weighted by Gasteiger charge is 2.14. The molecular formula is C28H57N3O2. The summed E-state index contributed by atoms with van der Waals surface area (Å²) in [4.78, 5) is 19.6. The van der Waals surface area contributed by atoms with E-state index in [1.165, 1.54) is 123 Å². The van der Waals surface area contributed by atoms with Gasteiger partial charge in [-0.3, -0.25) is 9.69 Å². The summed E-state index contributed by atoms with van der Waals surface area (Å²) in [6, 6.07) is 0. The van der Waals surface area contributed by atoms with Gasteiger partial charge in [0.2, 0.25) is 0 Å². The van der Waals surface area contributed by atoms with Crippen molar-refractivity contribution in [3.63, 3.8) is 0 Å². The Kier molecular flexibility index (Phi) is 20.1. The molecule has 196 valence electrons. The number of hydrogen-bond acceptors (Lipinski definition) is 5. The molecule has 0 saturated carbocycles. The Bertz CT molecular complexity index is 439. The molecule has 0 N–H and O–H groups in total. The second-order valence-electron chi connectivity index (χ2n) is 10.2. The fourth-order valence-electron chi connectivity index (χ4n) is 4.52. The van der Waals surface area contributed by atoms with Gasteiger partial charge < -0.3 is 14.5 Å². The molecule has 0 unspecified atom stereocenters. The first kappa shape index (κ1) is 30.4. The van der Waals surface area contributed by atoms with E-state index in [4.69, 9.17) is 4.74 Å². The highest BCUT2D eigenvalue weighted by atomic mass is 16.5. The fourth-order valence-corrected chi connectivity index (χ4v) is 4.52. The van der Waals surface area contributed by atoms with Crippen LogP contribution in [0.3, 0.4) is 0 Å². The van der Waals surface area contributed by atoms with Crippen molar-refractivity contribution in [1.82, 2.24) is 14.7 Å². The SMILES string of the molecule is CCCCCCCCCOC(=O)CCCCCCCN(CCCC)CCN1CCN(C)CC1. The molecular weight excluding hydrogens is 410 g/mol. The van der Waals surface area contributed by atoms with Crippen LogP contribution < -0.4 is 0 Å². The molecule has 5 nitrogen and oxygen atoms in total. The number of carbonyl (C=O) groups is 1. The monoisotopic (exact) mass is 467 g/mol. The second kappa shape index (κ2) is 21.9. The Morgan fingerprint density at radius 3 is 1.97 bits per heavy atom. The number of hydrogen-bond donors (Lipinski definition) is 0. The molecule has 0 radical (unpaired) electrons. The van der Waals surface area contributed by atoms with Crippen LogP contribution in [-0.4, -0.2) is 86.7 Å². The Morgan fingerprint density at radius 1 is 0.697 bits per heavy atom. The van der Waals surface area contributed by atoms with Gasteiger partial charge in [-0.15, -0.1) is 0 Å². The van der Waals surface area contributed by atoms with Gasteiger partial charge in [-0.2, -0.15) is 0 Å². The lowest BCUT2D eigenvalue weighted by atomic mass is 10.1. The number of esters is 1. The van der Waals surface area contributed by atoms with Crippen LogP contribution in [0.15, 0.2) is 0 Å². The average molecular weight is 468 g/mol. The van der Waals surface area contributed by atoms with E-state index in [2.05, 4.69) is 35.6 Å². The zero-order chi connectivity index (χ0) is 24.0. The molecule has 5 heteroatoms. The summed E-state index contributed by atoms with van der Waals surface area (Å²) in [6.45, 7) is 14.9. The normalized spacial score (nSPS) is 15.4. The van der Waals surface area contributed by atoms with Crippen molar-refractivity contribution >= 4 is 5.97 Å². The zero-order valence-electron chi connectivity index (χ0n) is 22.6. The van der Waals surface area contributed by atoms with Crippen LogP contribution in [0, 0.1) is 0 Å². The summed E-state index contributed by atoms with van der Waals surface area (Å²) >= 11 is 0. The molecule has 0 spiro atoms. The maximum Gasteiger partial charge on any atom is 0.305 e. The minimum atomic E-state index is 0.00984. The van der Waals surface area contributed by atoms with Crippen LogP contribution in [-0.2, 0) is 9.53 Å². The average Bonchev–Trinajstić information content (AvgIpc) is 2.82. The van der Waals surface area contributed by atoms with Crippen LogP contribution in [0.2, 0.25) is 0 Å². The predicted molar refractivity (Wildman–Crippen MR) is 142 cm³/mol. The Balaban J connectivity index is 1.96. The standard InChI is InChI=1S/C28H57N3O2/c1-4-6-8-9-10-14-17-27-33-28(32)18-15-12-11-13-16-20-30(19-7-5-2)25-26-31-23-21-29(3)22-24-31/h4-27H2,1-3H3. The lowest BCUT2D eigenvalue weighted by molar-refractivity contribution is -0.143. The summed E-state index contributed by atoms with van der Waals surface area (Å²) in [6.07, 6.45) is 18.0. The molecule has 1 aliphatic heterocycles. The largest absolute Gasteiger partial charge is 0.466 e. The highest BCUT2D eigenvalue weighted by Crippen LogP contribution is 2.10. The lowest BCUT2D eigenvalue weighted by Crippen LogP contribution is -2.47. The Morgan fingerprint density at radius 2 is 1.27 bits per heavy atom. The van der Waals surface area contributed by atoms with Crippen LogP contribution in [0.1, 0.15) is 110 Å². The number of piperazine rings is 1. The van der Waals surface area contributed by atoms with E-state index in [1.807, 2.05) is 0 Å².